The Morgan fingerprint density at radius 1 is 1.35 bits per heavy atom. The van der Waals surface area contributed by atoms with Crippen LogP contribution in [-0.2, 0) is 12.6 Å². The molecule has 0 radical (unpaired) electrons. The van der Waals surface area contributed by atoms with Crippen LogP contribution < -0.4 is 5.32 Å². The van der Waals surface area contributed by atoms with Gasteiger partial charge in [0.05, 0.1) is 5.56 Å². The van der Waals surface area contributed by atoms with E-state index in [1.165, 1.54) is 12.1 Å². The Bertz CT molecular complexity index is 372. The van der Waals surface area contributed by atoms with Crippen LogP contribution in [0.25, 0.3) is 0 Å². The normalized spacial score (nSPS) is 21.5. The van der Waals surface area contributed by atoms with Crippen molar-refractivity contribution < 1.29 is 13.2 Å². The van der Waals surface area contributed by atoms with Crippen LogP contribution in [0.5, 0.6) is 0 Å². The van der Waals surface area contributed by atoms with Crippen molar-refractivity contribution in [1.29, 1.82) is 0 Å². The van der Waals surface area contributed by atoms with Gasteiger partial charge in [-0.1, -0.05) is 18.2 Å². The Balaban J connectivity index is 2.05. The lowest BCUT2D eigenvalue weighted by atomic mass is 10.1. The monoisotopic (exact) mass is 261 g/mol. The second kappa shape index (κ2) is 5.31. The Kier molecular flexibility index (Phi) is 3.99. The number of thioether (sulfide) groups is 1. The van der Waals surface area contributed by atoms with E-state index in [9.17, 15) is 13.2 Å². The molecule has 0 bridgehead atoms. The first-order valence-electron chi connectivity index (χ1n) is 5.54. The van der Waals surface area contributed by atoms with Crippen LogP contribution in [-0.4, -0.2) is 24.1 Å². The highest BCUT2D eigenvalue weighted by atomic mass is 32.2. The van der Waals surface area contributed by atoms with Gasteiger partial charge in [-0.05, 0) is 18.1 Å². The van der Waals surface area contributed by atoms with Gasteiger partial charge in [-0.15, -0.1) is 0 Å². The van der Waals surface area contributed by atoms with Crippen molar-refractivity contribution >= 4 is 11.8 Å². The van der Waals surface area contributed by atoms with Crippen molar-refractivity contribution in [2.24, 2.45) is 0 Å². The maximum Gasteiger partial charge on any atom is 0.416 e. The number of hydrogen-bond donors (Lipinski definition) is 1. The van der Waals surface area contributed by atoms with Gasteiger partial charge < -0.3 is 5.32 Å². The molecule has 0 saturated carbocycles. The summed E-state index contributed by atoms with van der Waals surface area (Å²) in [6.45, 7) is 1.87. The van der Waals surface area contributed by atoms with Crippen LogP contribution in [0, 0.1) is 0 Å². The molecule has 0 aliphatic carbocycles. The largest absolute Gasteiger partial charge is 0.416 e. The summed E-state index contributed by atoms with van der Waals surface area (Å²) in [7, 11) is 0. The average molecular weight is 261 g/mol. The number of rotatable bonds is 2. The molecule has 1 aromatic rings. The van der Waals surface area contributed by atoms with Crippen LogP contribution in [0.3, 0.4) is 0 Å². The highest BCUT2D eigenvalue weighted by Gasteiger charge is 2.30. The summed E-state index contributed by atoms with van der Waals surface area (Å²) in [6.07, 6.45) is -3.55. The Labute approximate surface area is 103 Å². The molecule has 1 aliphatic rings. The summed E-state index contributed by atoms with van der Waals surface area (Å²) in [5, 5.41) is 3.64. The van der Waals surface area contributed by atoms with Crippen molar-refractivity contribution in [3.63, 3.8) is 0 Å². The summed E-state index contributed by atoms with van der Waals surface area (Å²) in [5.74, 6) is 1.03. The van der Waals surface area contributed by atoms with Crippen LogP contribution in [0.1, 0.15) is 11.1 Å². The SMILES string of the molecule is FC(F)(F)c1cccc(CC2CNCCS2)c1. The molecule has 5 heteroatoms. The van der Waals surface area contributed by atoms with E-state index in [1.54, 1.807) is 6.07 Å². The number of alkyl halides is 3. The van der Waals surface area contributed by atoms with Crippen molar-refractivity contribution in [2.75, 3.05) is 18.8 Å². The van der Waals surface area contributed by atoms with E-state index in [0.29, 0.717) is 11.7 Å². The lowest BCUT2D eigenvalue weighted by molar-refractivity contribution is -0.137. The van der Waals surface area contributed by atoms with E-state index < -0.39 is 11.7 Å². The number of hydrogen-bond acceptors (Lipinski definition) is 2. The van der Waals surface area contributed by atoms with Gasteiger partial charge in [0.25, 0.3) is 0 Å². The quantitative estimate of drug-likeness (QED) is 0.878. The molecule has 1 N–H and O–H groups in total. The minimum absolute atomic E-state index is 0.382. The Morgan fingerprint density at radius 2 is 2.18 bits per heavy atom. The van der Waals surface area contributed by atoms with Gasteiger partial charge in [0.2, 0.25) is 0 Å². The molecule has 1 saturated heterocycles. The minimum Gasteiger partial charge on any atom is -0.315 e. The van der Waals surface area contributed by atoms with Crippen LogP contribution >= 0.6 is 11.8 Å². The second-order valence-corrected chi connectivity index (χ2v) is 5.51. The lowest BCUT2D eigenvalue weighted by Gasteiger charge is -2.22. The van der Waals surface area contributed by atoms with Gasteiger partial charge in [-0.3, -0.25) is 0 Å². The van der Waals surface area contributed by atoms with Gasteiger partial charge in [0.15, 0.2) is 0 Å². The highest BCUT2D eigenvalue weighted by Crippen LogP contribution is 2.30. The molecule has 1 aliphatic heterocycles. The molecule has 94 valence electrons. The van der Waals surface area contributed by atoms with Gasteiger partial charge in [-0.2, -0.15) is 24.9 Å². The second-order valence-electron chi connectivity index (χ2n) is 4.10. The van der Waals surface area contributed by atoms with E-state index in [2.05, 4.69) is 5.32 Å². The van der Waals surface area contributed by atoms with Crippen molar-refractivity contribution in [3.8, 4) is 0 Å². The van der Waals surface area contributed by atoms with Crippen molar-refractivity contribution in [2.45, 2.75) is 17.8 Å². The van der Waals surface area contributed by atoms with Crippen LogP contribution in [0.2, 0.25) is 0 Å². The third kappa shape index (κ3) is 3.64. The predicted molar refractivity (Wildman–Crippen MR) is 64.3 cm³/mol. The van der Waals surface area contributed by atoms with Crippen molar-refractivity contribution in [1.82, 2.24) is 5.32 Å². The maximum absolute atomic E-state index is 12.5. The molecule has 1 atom stereocenters. The number of halogens is 3. The topological polar surface area (TPSA) is 12.0 Å². The van der Waals surface area contributed by atoms with Gasteiger partial charge >= 0.3 is 6.18 Å². The molecule has 1 fully saturated rings. The first-order chi connectivity index (χ1) is 8.05. The standard InChI is InChI=1S/C12H14F3NS/c13-12(14,15)10-3-1-2-9(6-10)7-11-8-16-4-5-17-11/h1-3,6,11,16H,4-5,7-8H2. The van der Waals surface area contributed by atoms with Gasteiger partial charge in [-0.25, -0.2) is 0 Å². The predicted octanol–water partition coefficient (Wildman–Crippen LogP) is 2.95. The number of nitrogens with one attached hydrogen (secondary N) is 1. The molecule has 1 unspecified atom stereocenters. The molecule has 1 aromatic carbocycles. The van der Waals surface area contributed by atoms with E-state index in [4.69, 9.17) is 0 Å². The lowest BCUT2D eigenvalue weighted by Crippen LogP contribution is -2.33. The minimum atomic E-state index is -4.24. The van der Waals surface area contributed by atoms with Gasteiger partial charge in [0.1, 0.15) is 0 Å². The molecule has 0 amide bonds. The summed E-state index contributed by atoms with van der Waals surface area (Å²) < 4.78 is 37.6. The fraction of sp³-hybridized carbons (Fsp3) is 0.500. The molecular formula is C12H14F3NS. The Hall–Kier alpha value is -0.680. The van der Waals surface area contributed by atoms with Crippen molar-refractivity contribution in [3.05, 3.63) is 35.4 Å². The highest BCUT2D eigenvalue weighted by molar-refractivity contribution is 8.00. The first kappa shape index (κ1) is 12.8. The van der Waals surface area contributed by atoms with Gasteiger partial charge in [0, 0.05) is 24.1 Å². The molecule has 1 heterocycles. The first-order valence-corrected chi connectivity index (χ1v) is 6.59. The zero-order chi connectivity index (χ0) is 12.3. The Morgan fingerprint density at radius 3 is 2.82 bits per heavy atom. The van der Waals surface area contributed by atoms with E-state index in [0.717, 1.165) is 30.5 Å². The van der Waals surface area contributed by atoms with E-state index in [-0.39, 0.29) is 0 Å². The molecule has 17 heavy (non-hydrogen) atoms. The molecule has 0 aromatic heterocycles. The molecule has 1 nitrogen and oxygen atoms in total. The average Bonchev–Trinajstić information content (AvgIpc) is 2.29. The third-order valence-electron chi connectivity index (χ3n) is 2.72. The summed E-state index contributed by atoms with van der Waals surface area (Å²) in [5.41, 5.74) is 0.213. The summed E-state index contributed by atoms with van der Waals surface area (Å²) >= 11 is 1.83. The molecule has 0 spiro atoms. The van der Waals surface area contributed by atoms with Crippen LogP contribution in [0.4, 0.5) is 13.2 Å². The molecular weight excluding hydrogens is 247 g/mol. The van der Waals surface area contributed by atoms with Crippen LogP contribution in [0.15, 0.2) is 24.3 Å². The number of benzene rings is 1. The zero-order valence-corrected chi connectivity index (χ0v) is 10.1. The zero-order valence-electron chi connectivity index (χ0n) is 9.26. The summed E-state index contributed by atoms with van der Waals surface area (Å²) in [4.78, 5) is 0. The van der Waals surface area contributed by atoms with E-state index in [1.807, 2.05) is 11.8 Å². The summed E-state index contributed by atoms with van der Waals surface area (Å²) in [6, 6.07) is 5.63. The fourth-order valence-electron chi connectivity index (χ4n) is 1.89. The maximum atomic E-state index is 12.5. The fourth-order valence-corrected chi connectivity index (χ4v) is 3.03. The molecule has 2 rings (SSSR count). The third-order valence-corrected chi connectivity index (χ3v) is 3.97. The smallest absolute Gasteiger partial charge is 0.315 e. The van der Waals surface area contributed by atoms with E-state index >= 15 is 0 Å².